The number of anilines is 1. The Balaban J connectivity index is 1.76. The number of aromatic nitrogens is 3. The molecule has 4 rings (SSSR count). The van der Waals surface area contributed by atoms with Gasteiger partial charge in [-0.1, -0.05) is 0 Å². The minimum absolute atomic E-state index is 0.0168. The van der Waals surface area contributed by atoms with Gasteiger partial charge in [-0.25, -0.2) is 14.3 Å². The van der Waals surface area contributed by atoms with E-state index >= 15 is 0 Å². The summed E-state index contributed by atoms with van der Waals surface area (Å²) in [5.41, 5.74) is 0.784. The smallest absolute Gasteiger partial charge is 0.343 e. The summed E-state index contributed by atoms with van der Waals surface area (Å²) >= 11 is 0. The van der Waals surface area contributed by atoms with Crippen LogP contribution in [0, 0.1) is 0 Å². The highest BCUT2D eigenvalue weighted by atomic mass is 16.6. The van der Waals surface area contributed by atoms with E-state index in [1.807, 2.05) is 0 Å². The van der Waals surface area contributed by atoms with Gasteiger partial charge >= 0.3 is 5.97 Å². The maximum Gasteiger partial charge on any atom is 0.343 e. The van der Waals surface area contributed by atoms with Crippen LogP contribution in [-0.2, 0) is 9.47 Å². The Bertz CT molecular complexity index is 714. The van der Waals surface area contributed by atoms with Crippen LogP contribution in [0.15, 0.2) is 12.4 Å². The zero-order chi connectivity index (χ0) is 14.4. The van der Waals surface area contributed by atoms with Crippen molar-refractivity contribution in [3.63, 3.8) is 0 Å². The molecule has 0 radical (unpaired) electrons. The van der Waals surface area contributed by atoms with E-state index in [4.69, 9.17) is 14.2 Å². The molecular formula is C13H14N4O4. The molecule has 110 valence electrons. The highest BCUT2D eigenvalue weighted by molar-refractivity contribution is 5.95. The van der Waals surface area contributed by atoms with E-state index in [0.717, 1.165) is 0 Å². The molecule has 0 aliphatic carbocycles. The van der Waals surface area contributed by atoms with Gasteiger partial charge < -0.3 is 19.5 Å². The minimum Gasteiger partial charge on any atom is -0.480 e. The van der Waals surface area contributed by atoms with Crippen molar-refractivity contribution in [2.45, 2.75) is 19.1 Å². The standard InChI is InChI=1S/C13H14N4O4/c1-2-20-13(18)7-3-14-17-4-9-11(16-12(7)17)15-8-5-19-6-10(8)21-9/h3-4,8,10H,2,5-6H2,1H3,(H,15,16). The van der Waals surface area contributed by atoms with E-state index < -0.39 is 5.97 Å². The number of hydrogen-bond donors (Lipinski definition) is 1. The first-order valence-corrected chi connectivity index (χ1v) is 6.82. The van der Waals surface area contributed by atoms with Crippen molar-refractivity contribution in [2.24, 2.45) is 0 Å². The third kappa shape index (κ3) is 1.90. The van der Waals surface area contributed by atoms with Gasteiger partial charge in [0.2, 0.25) is 0 Å². The van der Waals surface area contributed by atoms with Crippen molar-refractivity contribution >= 4 is 17.4 Å². The SMILES string of the molecule is CCOC(=O)c1cnn2cc3c(nc12)NC1COCC1O3. The number of nitrogens with one attached hydrogen (secondary N) is 1. The molecule has 2 aromatic rings. The second-order valence-electron chi connectivity index (χ2n) is 4.95. The summed E-state index contributed by atoms with van der Waals surface area (Å²) < 4.78 is 17.8. The Hall–Kier alpha value is -2.35. The summed E-state index contributed by atoms with van der Waals surface area (Å²) in [4.78, 5) is 16.3. The van der Waals surface area contributed by atoms with Crippen LogP contribution in [0.4, 0.5) is 5.82 Å². The van der Waals surface area contributed by atoms with E-state index in [9.17, 15) is 4.79 Å². The zero-order valence-electron chi connectivity index (χ0n) is 11.4. The van der Waals surface area contributed by atoms with Gasteiger partial charge in [0.1, 0.15) is 11.7 Å². The molecule has 8 nitrogen and oxygen atoms in total. The Labute approximate surface area is 120 Å². The molecule has 0 bridgehead atoms. The van der Waals surface area contributed by atoms with Gasteiger partial charge in [-0.2, -0.15) is 5.10 Å². The number of carbonyl (C=O) groups is 1. The molecule has 2 aromatic heterocycles. The van der Waals surface area contributed by atoms with Crippen molar-refractivity contribution in [1.82, 2.24) is 14.6 Å². The third-order valence-electron chi connectivity index (χ3n) is 3.58. The molecule has 4 heterocycles. The van der Waals surface area contributed by atoms with E-state index in [-0.39, 0.29) is 12.1 Å². The van der Waals surface area contributed by atoms with Crippen LogP contribution >= 0.6 is 0 Å². The number of nitrogens with zero attached hydrogens (tertiary/aromatic N) is 3. The molecule has 1 N–H and O–H groups in total. The summed E-state index contributed by atoms with van der Waals surface area (Å²) in [5, 5.41) is 7.41. The summed E-state index contributed by atoms with van der Waals surface area (Å²) in [7, 11) is 0. The Morgan fingerprint density at radius 1 is 1.57 bits per heavy atom. The summed E-state index contributed by atoms with van der Waals surface area (Å²) in [5.74, 6) is 0.770. The molecule has 2 unspecified atom stereocenters. The zero-order valence-corrected chi connectivity index (χ0v) is 11.4. The van der Waals surface area contributed by atoms with Gasteiger partial charge in [0, 0.05) is 0 Å². The molecule has 0 amide bonds. The summed E-state index contributed by atoms with van der Waals surface area (Å²) in [6, 6.07) is 0.0846. The number of carbonyl (C=O) groups excluding carboxylic acids is 1. The quantitative estimate of drug-likeness (QED) is 0.805. The summed E-state index contributed by atoms with van der Waals surface area (Å²) in [6.07, 6.45) is 3.15. The van der Waals surface area contributed by atoms with Crippen LogP contribution in [-0.4, -0.2) is 52.5 Å². The monoisotopic (exact) mass is 290 g/mol. The largest absolute Gasteiger partial charge is 0.480 e. The maximum atomic E-state index is 11.9. The molecule has 2 aliphatic rings. The van der Waals surface area contributed by atoms with E-state index in [2.05, 4.69) is 15.4 Å². The number of fused-ring (bicyclic) bond motifs is 3. The van der Waals surface area contributed by atoms with E-state index in [1.54, 1.807) is 13.1 Å². The molecule has 8 heteroatoms. The van der Waals surface area contributed by atoms with Crippen LogP contribution < -0.4 is 10.1 Å². The fraction of sp³-hybridized carbons (Fsp3) is 0.462. The van der Waals surface area contributed by atoms with Gasteiger partial charge in [-0.3, -0.25) is 0 Å². The van der Waals surface area contributed by atoms with Crippen LogP contribution in [0.25, 0.3) is 5.65 Å². The lowest BCUT2D eigenvalue weighted by molar-refractivity contribution is 0.0528. The van der Waals surface area contributed by atoms with E-state index in [0.29, 0.717) is 42.6 Å². The van der Waals surface area contributed by atoms with Crippen molar-refractivity contribution in [3.05, 3.63) is 18.0 Å². The van der Waals surface area contributed by atoms with Gasteiger partial charge in [-0.15, -0.1) is 0 Å². The molecule has 1 fully saturated rings. The van der Waals surface area contributed by atoms with Gasteiger partial charge in [0.15, 0.2) is 17.2 Å². The van der Waals surface area contributed by atoms with Crippen molar-refractivity contribution < 1.29 is 19.0 Å². The Kier molecular flexibility index (Phi) is 2.71. The van der Waals surface area contributed by atoms with E-state index in [1.165, 1.54) is 10.7 Å². The first-order chi connectivity index (χ1) is 10.3. The van der Waals surface area contributed by atoms with Crippen molar-refractivity contribution in [2.75, 3.05) is 25.1 Å². The maximum absolute atomic E-state index is 11.9. The number of hydrogen-bond acceptors (Lipinski definition) is 7. The molecule has 0 spiro atoms. The highest BCUT2D eigenvalue weighted by Gasteiger charge is 2.36. The third-order valence-corrected chi connectivity index (χ3v) is 3.58. The number of ether oxygens (including phenoxy) is 3. The lowest BCUT2D eigenvalue weighted by Gasteiger charge is -2.27. The normalized spacial score (nSPS) is 23.1. The molecule has 21 heavy (non-hydrogen) atoms. The molecule has 0 saturated carbocycles. The number of esters is 1. The average molecular weight is 290 g/mol. The highest BCUT2D eigenvalue weighted by Crippen LogP contribution is 2.32. The fourth-order valence-electron chi connectivity index (χ4n) is 2.56. The van der Waals surface area contributed by atoms with Crippen molar-refractivity contribution in [1.29, 1.82) is 0 Å². The predicted octanol–water partition coefficient (Wildman–Crippen LogP) is 0.478. The number of rotatable bonds is 2. The fourth-order valence-corrected chi connectivity index (χ4v) is 2.56. The minimum atomic E-state index is -0.432. The van der Waals surface area contributed by atoms with Gasteiger partial charge in [0.05, 0.1) is 38.3 Å². The lowest BCUT2D eigenvalue weighted by Crippen LogP contribution is -2.40. The Morgan fingerprint density at radius 2 is 2.48 bits per heavy atom. The van der Waals surface area contributed by atoms with Crippen LogP contribution in [0.3, 0.4) is 0 Å². The molecule has 2 aliphatic heterocycles. The van der Waals surface area contributed by atoms with Gasteiger partial charge in [-0.05, 0) is 6.92 Å². The van der Waals surface area contributed by atoms with Gasteiger partial charge in [0.25, 0.3) is 0 Å². The van der Waals surface area contributed by atoms with Crippen LogP contribution in [0.1, 0.15) is 17.3 Å². The second-order valence-corrected chi connectivity index (χ2v) is 4.95. The average Bonchev–Trinajstić information content (AvgIpc) is 3.08. The molecule has 1 saturated heterocycles. The topological polar surface area (TPSA) is 87.0 Å². The lowest BCUT2D eigenvalue weighted by atomic mass is 10.2. The Morgan fingerprint density at radius 3 is 3.33 bits per heavy atom. The van der Waals surface area contributed by atoms with Crippen LogP contribution in [0.2, 0.25) is 0 Å². The first kappa shape index (κ1) is 12.4. The molecule has 2 atom stereocenters. The predicted molar refractivity (Wildman–Crippen MR) is 71.6 cm³/mol. The van der Waals surface area contributed by atoms with Crippen LogP contribution in [0.5, 0.6) is 5.75 Å². The van der Waals surface area contributed by atoms with Crippen molar-refractivity contribution in [3.8, 4) is 5.75 Å². The molecular weight excluding hydrogens is 276 g/mol. The molecule has 0 aromatic carbocycles. The summed E-state index contributed by atoms with van der Waals surface area (Å²) in [6.45, 7) is 3.21. The first-order valence-electron chi connectivity index (χ1n) is 6.82. The second kappa shape index (κ2) is 4.59.